The molecule has 0 amide bonds. The molecule has 0 nitrogen and oxygen atoms in total. The van der Waals surface area contributed by atoms with E-state index in [0.29, 0.717) is 20.9 Å². The van der Waals surface area contributed by atoms with Crippen molar-refractivity contribution in [3.8, 4) is 0 Å². The van der Waals surface area contributed by atoms with E-state index in [-0.39, 0.29) is 0 Å². The second-order valence-electron chi connectivity index (χ2n) is 3.56. The van der Waals surface area contributed by atoms with Crippen molar-refractivity contribution in [1.29, 1.82) is 0 Å². The predicted molar refractivity (Wildman–Crippen MR) is 54.3 cm³/mol. The number of hydrogen-bond acceptors (Lipinski definition) is 0. The van der Waals surface area contributed by atoms with E-state index in [9.17, 15) is 0 Å². The standard InChI is InChI=1S/C10H22Te/c1-5-9(3)7-11-8-10(4)6-2/h9-10H,5-8H2,1-4H3/t9-,10-/m0/s1. The molecule has 0 aliphatic heterocycles. The molecule has 0 heterocycles. The zero-order valence-electron chi connectivity index (χ0n) is 8.39. The summed E-state index contributed by atoms with van der Waals surface area (Å²) in [5.41, 5.74) is 0. The van der Waals surface area contributed by atoms with Crippen molar-refractivity contribution in [3.05, 3.63) is 0 Å². The van der Waals surface area contributed by atoms with Crippen molar-refractivity contribution in [2.24, 2.45) is 11.8 Å². The van der Waals surface area contributed by atoms with Gasteiger partial charge in [0.15, 0.2) is 0 Å². The Morgan fingerprint density at radius 2 is 1.27 bits per heavy atom. The van der Waals surface area contributed by atoms with Crippen LogP contribution in [0.3, 0.4) is 0 Å². The summed E-state index contributed by atoms with van der Waals surface area (Å²) in [6.45, 7) is 9.39. The maximum atomic E-state index is 2.39. The third-order valence-corrected chi connectivity index (χ3v) is 6.79. The zero-order chi connectivity index (χ0) is 8.69. The van der Waals surface area contributed by atoms with Gasteiger partial charge < -0.3 is 0 Å². The zero-order valence-corrected chi connectivity index (χ0v) is 10.7. The van der Waals surface area contributed by atoms with Gasteiger partial charge in [0, 0.05) is 0 Å². The summed E-state index contributed by atoms with van der Waals surface area (Å²) in [7, 11) is 0. The van der Waals surface area contributed by atoms with Gasteiger partial charge in [-0.1, -0.05) is 0 Å². The molecule has 0 N–H and O–H groups in total. The molecule has 0 radical (unpaired) electrons. The summed E-state index contributed by atoms with van der Waals surface area (Å²) < 4.78 is 3.12. The van der Waals surface area contributed by atoms with Crippen molar-refractivity contribution >= 4 is 20.9 Å². The molecule has 0 unspecified atom stereocenters. The molecule has 0 bridgehead atoms. The van der Waals surface area contributed by atoms with Gasteiger partial charge in [-0.15, -0.1) is 0 Å². The monoisotopic (exact) mass is 272 g/mol. The molecule has 0 aromatic heterocycles. The van der Waals surface area contributed by atoms with Crippen LogP contribution in [-0.2, 0) is 0 Å². The van der Waals surface area contributed by atoms with Gasteiger partial charge in [0.25, 0.3) is 0 Å². The SMILES string of the molecule is CC[C@H](C)C[Te]C[C@@H](C)CC. The molecular formula is C10H22Te. The minimum atomic E-state index is 0.367. The van der Waals surface area contributed by atoms with Gasteiger partial charge in [0.2, 0.25) is 0 Å². The number of hydrogen-bond donors (Lipinski definition) is 0. The van der Waals surface area contributed by atoms with Crippen LogP contribution in [0, 0.1) is 11.8 Å². The molecular weight excluding hydrogens is 248 g/mol. The first-order chi connectivity index (χ1) is 5.20. The Balaban J connectivity index is 3.13. The van der Waals surface area contributed by atoms with Crippen LogP contribution in [0.2, 0.25) is 8.94 Å². The van der Waals surface area contributed by atoms with Crippen LogP contribution in [0.1, 0.15) is 40.5 Å². The second kappa shape index (κ2) is 7.44. The van der Waals surface area contributed by atoms with Crippen molar-refractivity contribution in [2.75, 3.05) is 0 Å². The van der Waals surface area contributed by atoms with Gasteiger partial charge in [-0.3, -0.25) is 0 Å². The van der Waals surface area contributed by atoms with Gasteiger partial charge >= 0.3 is 82.2 Å². The van der Waals surface area contributed by atoms with E-state index in [1.807, 2.05) is 0 Å². The van der Waals surface area contributed by atoms with Gasteiger partial charge in [0.1, 0.15) is 0 Å². The molecule has 0 aliphatic rings. The number of rotatable bonds is 6. The Labute approximate surface area is 82.2 Å². The molecule has 0 saturated carbocycles. The molecule has 2 atom stereocenters. The van der Waals surface area contributed by atoms with Crippen molar-refractivity contribution in [1.82, 2.24) is 0 Å². The van der Waals surface area contributed by atoms with E-state index >= 15 is 0 Å². The van der Waals surface area contributed by atoms with E-state index in [2.05, 4.69) is 27.7 Å². The fourth-order valence-electron chi connectivity index (χ4n) is 0.706. The predicted octanol–water partition coefficient (Wildman–Crippen LogP) is 3.62. The molecule has 0 saturated heterocycles. The Kier molecular flexibility index (Phi) is 7.97. The van der Waals surface area contributed by atoms with Crippen molar-refractivity contribution in [3.63, 3.8) is 0 Å². The van der Waals surface area contributed by atoms with Gasteiger partial charge in [-0.05, 0) is 0 Å². The molecule has 0 spiro atoms. The van der Waals surface area contributed by atoms with E-state index < -0.39 is 0 Å². The van der Waals surface area contributed by atoms with Crippen LogP contribution in [0.5, 0.6) is 0 Å². The summed E-state index contributed by atoms with van der Waals surface area (Å²) >= 11 is 0.367. The molecule has 0 aromatic rings. The van der Waals surface area contributed by atoms with E-state index in [1.54, 1.807) is 8.94 Å². The molecule has 1 heteroatoms. The van der Waals surface area contributed by atoms with Crippen LogP contribution in [0.25, 0.3) is 0 Å². The Morgan fingerprint density at radius 1 is 0.909 bits per heavy atom. The normalized spacial score (nSPS) is 16.4. The molecule has 11 heavy (non-hydrogen) atoms. The minimum absolute atomic E-state index is 0.367. The van der Waals surface area contributed by atoms with Crippen molar-refractivity contribution < 1.29 is 0 Å². The fourth-order valence-corrected chi connectivity index (χ4v) is 4.74. The van der Waals surface area contributed by atoms with Gasteiger partial charge in [-0.2, -0.15) is 0 Å². The van der Waals surface area contributed by atoms with Gasteiger partial charge in [-0.25, -0.2) is 0 Å². The fraction of sp³-hybridized carbons (Fsp3) is 1.00. The Bertz CT molecular complexity index is 70.9. The average molecular weight is 270 g/mol. The second-order valence-corrected chi connectivity index (χ2v) is 6.63. The van der Waals surface area contributed by atoms with E-state index in [4.69, 9.17) is 0 Å². The Morgan fingerprint density at radius 3 is 1.55 bits per heavy atom. The van der Waals surface area contributed by atoms with Crippen molar-refractivity contribution in [2.45, 2.75) is 49.5 Å². The molecule has 0 fully saturated rings. The third kappa shape index (κ3) is 7.16. The quantitative estimate of drug-likeness (QED) is 0.646. The van der Waals surface area contributed by atoms with Crippen LogP contribution in [0.15, 0.2) is 0 Å². The summed E-state index contributed by atoms with van der Waals surface area (Å²) in [5, 5.41) is 0. The Hall–Kier alpha value is 0.790. The molecule has 0 aliphatic carbocycles. The van der Waals surface area contributed by atoms with Crippen LogP contribution in [-0.4, -0.2) is 20.9 Å². The first-order valence-electron chi connectivity index (χ1n) is 4.78. The summed E-state index contributed by atoms with van der Waals surface area (Å²) in [5.74, 6) is 2.00. The van der Waals surface area contributed by atoms with E-state index in [1.165, 1.54) is 12.8 Å². The van der Waals surface area contributed by atoms with Gasteiger partial charge in [0.05, 0.1) is 0 Å². The molecule has 0 aromatic carbocycles. The van der Waals surface area contributed by atoms with Crippen LogP contribution in [0.4, 0.5) is 0 Å². The summed E-state index contributed by atoms with van der Waals surface area (Å²) in [4.78, 5) is 0. The van der Waals surface area contributed by atoms with Crippen LogP contribution < -0.4 is 0 Å². The molecule has 0 rings (SSSR count). The average Bonchev–Trinajstić information content (AvgIpc) is 2.04. The summed E-state index contributed by atoms with van der Waals surface area (Å²) in [6.07, 6.45) is 2.76. The van der Waals surface area contributed by atoms with E-state index in [0.717, 1.165) is 11.8 Å². The maximum absolute atomic E-state index is 2.39. The first kappa shape index (κ1) is 11.8. The first-order valence-corrected chi connectivity index (χ1v) is 8.07. The molecule has 68 valence electrons. The summed E-state index contributed by atoms with van der Waals surface area (Å²) in [6, 6.07) is 0. The van der Waals surface area contributed by atoms with Crippen LogP contribution >= 0.6 is 0 Å². The topological polar surface area (TPSA) is 0 Å². The third-order valence-electron chi connectivity index (χ3n) is 2.20.